The lowest BCUT2D eigenvalue weighted by Crippen LogP contribution is -2.53. The molecular weight excluding hydrogens is 342 g/mol. The fourth-order valence-corrected chi connectivity index (χ4v) is 2.50. The van der Waals surface area contributed by atoms with Gasteiger partial charge < -0.3 is 20.7 Å². The van der Waals surface area contributed by atoms with Crippen molar-refractivity contribution < 1.29 is 14.3 Å². The van der Waals surface area contributed by atoms with Crippen molar-refractivity contribution in [2.75, 3.05) is 5.32 Å². The second-order valence-corrected chi connectivity index (χ2v) is 7.82. The van der Waals surface area contributed by atoms with Crippen LogP contribution in [-0.4, -0.2) is 36.0 Å². The van der Waals surface area contributed by atoms with Gasteiger partial charge in [-0.3, -0.25) is 9.59 Å². The molecule has 0 aliphatic carbocycles. The third-order valence-corrected chi connectivity index (χ3v) is 4.02. The van der Waals surface area contributed by atoms with Crippen LogP contribution in [0.3, 0.4) is 0 Å². The Morgan fingerprint density at radius 1 is 0.926 bits per heavy atom. The van der Waals surface area contributed by atoms with E-state index >= 15 is 0 Å². The highest BCUT2D eigenvalue weighted by atomic mass is 16.5. The van der Waals surface area contributed by atoms with Gasteiger partial charge in [0, 0.05) is 11.7 Å². The second kappa shape index (κ2) is 11.0. The summed E-state index contributed by atoms with van der Waals surface area (Å²) in [6.45, 7) is 14.2. The molecule has 2 atom stereocenters. The van der Waals surface area contributed by atoms with Crippen molar-refractivity contribution in [1.29, 1.82) is 0 Å². The maximum Gasteiger partial charge on any atom is 0.246 e. The van der Waals surface area contributed by atoms with Gasteiger partial charge in [0.15, 0.2) is 0 Å². The first-order chi connectivity index (χ1) is 12.6. The van der Waals surface area contributed by atoms with Gasteiger partial charge in [-0.05, 0) is 44.4 Å². The number of hydrogen-bond donors (Lipinski definition) is 3. The number of rotatable bonds is 10. The molecule has 0 aliphatic heterocycles. The van der Waals surface area contributed by atoms with Gasteiger partial charge in [0.2, 0.25) is 11.8 Å². The number of anilines is 1. The minimum atomic E-state index is -0.628. The summed E-state index contributed by atoms with van der Waals surface area (Å²) in [6.07, 6.45) is 0.175. The Balaban J connectivity index is 2.59. The average Bonchev–Trinajstić information content (AvgIpc) is 2.58. The van der Waals surface area contributed by atoms with E-state index in [1.807, 2.05) is 65.8 Å². The van der Waals surface area contributed by atoms with Gasteiger partial charge in [0.25, 0.3) is 0 Å². The molecular formula is C21H35N3O3. The van der Waals surface area contributed by atoms with Crippen LogP contribution in [0.1, 0.15) is 54.0 Å². The maximum absolute atomic E-state index is 12.5. The fraction of sp³-hybridized carbons (Fsp3) is 0.619. The van der Waals surface area contributed by atoms with Crippen LogP contribution in [0, 0.1) is 5.92 Å². The van der Waals surface area contributed by atoms with E-state index < -0.39 is 6.04 Å². The Hall–Kier alpha value is -1.92. The maximum atomic E-state index is 12.5. The molecule has 0 spiro atoms. The van der Waals surface area contributed by atoms with Gasteiger partial charge >= 0.3 is 0 Å². The summed E-state index contributed by atoms with van der Waals surface area (Å²) in [5, 5.41) is 8.87. The molecule has 6 nitrogen and oxygen atoms in total. The molecule has 152 valence electrons. The topological polar surface area (TPSA) is 79.5 Å². The van der Waals surface area contributed by atoms with E-state index in [-0.39, 0.29) is 35.9 Å². The second-order valence-electron chi connectivity index (χ2n) is 7.82. The van der Waals surface area contributed by atoms with Crippen LogP contribution >= 0.6 is 0 Å². The summed E-state index contributed by atoms with van der Waals surface area (Å²) in [4.78, 5) is 24.9. The van der Waals surface area contributed by atoms with E-state index in [0.717, 1.165) is 5.56 Å². The van der Waals surface area contributed by atoms with Crippen molar-refractivity contribution in [3.8, 4) is 0 Å². The molecule has 0 saturated carbocycles. The molecule has 2 amide bonds. The summed E-state index contributed by atoms with van der Waals surface area (Å²) in [5.41, 5.74) is 1.73. The predicted molar refractivity (Wildman–Crippen MR) is 109 cm³/mol. The molecule has 1 aromatic rings. The lowest BCUT2D eigenvalue weighted by atomic mass is 10.0. The normalized spacial score (nSPS) is 13.7. The zero-order chi connectivity index (χ0) is 20.6. The van der Waals surface area contributed by atoms with E-state index in [4.69, 9.17) is 4.74 Å². The summed E-state index contributed by atoms with van der Waals surface area (Å²) in [7, 11) is 0. The summed E-state index contributed by atoms with van der Waals surface area (Å²) in [6, 6.07) is 6.74. The third-order valence-electron chi connectivity index (χ3n) is 4.02. The molecule has 0 unspecified atom stereocenters. The molecule has 6 heteroatoms. The number of benzene rings is 1. The van der Waals surface area contributed by atoms with Gasteiger partial charge in [-0.1, -0.05) is 39.8 Å². The van der Waals surface area contributed by atoms with Crippen molar-refractivity contribution >= 4 is 17.5 Å². The number of nitrogens with one attached hydrogen (secondary N) is 3. The molecule has 0 bridgehead atoms. The van der Waals surface area contributed by atoms with Gasteiger partial charge in [-0.15, -0.1) is 0 Å². The van der Waals surface area contributed by atoms with Crippen LogP contribution in [0.4, 0.5) is 5.69 Å². The predicted octanol–water partition coefficient (Wildman–Crippen LogP) is 3.08. The van der Waals surface area contributed by atoms with E-state index in [9.17, 15) is 9.59 Å². The first kappa shape index (κ1) is 23.1. The zero-order valence-corrected chi connectivity index (χ0v) is 17.6. The van der Waals surface area contributed by atoms with Crippen LogP contribution in [-0.2, 0) is 20.9 Å². The number of ether oxygens (including phenoxy) is 1. The molecule has 0 saturated heterocycles. The molecule has 0 fully saturated rings. The molecule has 1 aromatic carbocycles. The summed E-state index contributed by atoms with van der Waals surface area (Å²) in [5.74, 6) is -0.285. The first-order valence-corrected chi connectivity index (χ1v) is 9.68. The number of carbonyl (C=O) groups is 2. The Kier molecular flexibility index (Phi) is 9.46. The van der Waals surface area contributed by atoms with Crippen LogP contribution in [0.5, 0.6) is 0 Å². The monoisotopic (exact) mass is 377 g/mol. The molecule has 0 aromatic heterocycles. The minimum Gasteiger partial charge on any atom is -0.374 e. The highest BCUT2D eigenvalue weighted by Gasteiger charge is 2.25. The largest absolute Gasteiger partial charge is 0.374 e. The van der Waals surface area contributed by atoms with Crippen molar-refractivity contribution in [3.63, 3.8) is 0 Å². The van der Waals surface area contributed by atoms with Crippen molar-refractivity contribution in [3.05, 3.63) is 29.8 Å². The van der Waals surface area contributed by atoms with Crippen LogP contribution < -0.4 is 16.0 Å². The number of amides is 2. The van der Waals surface area contributed by atoms with E-state index in [1.165, 1.54) is 0 Å². The summed E-state index contributed by atoms with van der Waals surface area (Å²) < 4.78 is 5.56. The molecule has 3 N–H and O–H groups in total. The van der Waals surface area contributed by atoms with Crippen molar-refractivity contribution in [1.82, 2.24) is 10.6 Å². The van der Waals surface area contributed by atoms with Gasteiger partial charge in [-0.25, -0.2) is 0 Å². The Bertz CT molecular complexity index is 597. The van der Waals surface area contributed by atoms with Gasteiger partial charge in [-0.2, -0.15) is 0 Å². The molecule has 0 radical (unpaired) electrons. The van der Waals surface area contributed by atoms with E-state index in [0.29, 0.717) is 12.3 Å². The fourth-order valence-electron chi connectivity index (χ4n) is 2.50. The molecule has 0 heterocycles. The quantitative estimate of drug-likeness (QED) is 0.585. The molecule has 27 heavy (non-hydrogen) atoms. The Labute approximate surface area is 163 Å². The van der Waals surface area contributed by atoms with Gasteiger partial charge in [0.05, 0.1) is 18.8 Å². The SMILES string of the molecule is CC(C)N[C@H](C(=O)N[C@@H](C)C(=O)Nc1ccc(COC(C)C)cc1)C(C)C. The van der Waals surface area contributed by atoms with Crippen LogP contribution in [0.2, 0.25) is 0 Å². The van der Waals surface area contributed by atoms with Gasteiger partial charge in [0.1, 0.15) is 6.04 Å². The van der Waals surface area contributed by atoms with Crippen LogP contribution in [0.15, 0.2) is 24.3 Å². The molecule has 1 rings (SSSR count). The average molecular weight is 378 g/mol. The highest BCUT2D eigenvalue weighted by Crippen LogP contribution is 2.12. The van der Waals surface area contributed by atoms with E-state index in [2.05, 4.69) is 16.0 Å². The number of hydrogen-bond acceptors (Lipinski definition) is 4. The van der Waals surface area contributed by atoms with E-state index in [1.54, 1.807) is 6.92 Å². The summed E-state index contributed by atoms with van der Waals surface area (Å²) >= 11 is 0. The smallest absolute Gasteiger partial charge is 0.246 e. The first-order valence-electron chi connectivity index (χ1n) is 9.68. The lowest BCUT2D eigenvalue weighted by molar-refractivity contribution is -0.128. The molecule has 0 aliphatic rings. The lowest BCUT2D eigenvalue weighted by Gasteiger charge is -2.25. The van der Waals surface area contributed by atoms with Crippen LogP contribution in [0.25, 0.3) is 0 Å². The van der Waals surface area contributed by atoms with Crippen molar-refractivity contribution in [2.45, 2.75) is 79.3 Å². The minimum absolute atomic E-state index is 0.128. The van der Waals surface area contributed by atoms with Crippen molar-refractivity contribution in [2.24, 2.45) is 5.92 Å². The highest BCUT2D eigenvalue weighted by molar-refractivity contribution is 5.97. The Morgan fingerprint density at radius 3 is 2.00 bits per heavy atom. The third kappa shape index (κ3) is 8.54. The zero-order valence-electron chi connectivity index (χ0n) is 17.6. The number of carbonyl (C=O) groups excluding carboxylic acids is 2. The Morgan fingerprint density at radius 2 is 1.52 bits per heavy atom. The standard InChI is InChI=1S/C21H35N3O3/c1-13(2)19(22-14(3)4)21(26)23-16(7)20(25)24-18-10-8-17(9-11-18)12-27-15(5)6/h8-11,13-16,19,22H,12H2,1-7H3,(H,23,26)(H,24,25)/t16-,19-/m0/s1.